The van der Waals surface area contributed by atoms with E-state index in [1.54, 1.807) is 0 Å². The molecule has 0 fully saturated rings. The summed E-state index contributed by atoms with van der Waals surface area (Å²) >= 11 is 0. The Balaban J connectivity index is 4.27. The lowest BCUT2D eigenvalue weighted by Crippen LogP contribution is -2.30. The molecule has 0 saturated carbocycles. The fourth-order valence-corrected chi connectivity index (χ4v) is 11.1. The van der Waals surface area contributed by atoms with E-state index in [9.17, 15) is 14.4 Å². The summed E-state index contributed by atoms with van der Waals surface area (Å²) in [6.07, 6.45) is 72.6. The molecular weight excluding hydrogens is 949 g/mol. The zero-order chi connectivity index (χ0) is 56.0. The van der Waals surface area contributed by atoms with Crippen LogP contribution in [-0.4, -0.2) is 37.2 Å². The summed E-state index contributed by atoms with van der Waals surface area (Å²) in [7, 11) is 0. The van der Waals surface area contributed by atoms with Crippen molar-refractivity contribution >= 4 is 17.9 Å². The minimum Gasteiger partial charge on any atom is -0.462 e. The first-order chi connectivity index (χ1) is 37.8. The summed E-state index contributed by atoms with van der Waals surface area (Å²) in [4.78, 5) is 38.5. The van der Waals surface area contributed by atoms with E-state index in [1.807, 2.05) is 0 Å². The SMILES string of the molecule is CCCCCCCCCCCCCCCCCCCCCC(=O)OC[C@@H](COC(=O)CCCCCCCCCCCCCCCCCCCCC(C)CC)OC(=O)CCCCCCCCCCCCCCCCCC(C)C. The number of hydrogen-bond donors (Lipinski definition) is 0. The standard InChI is InChI=1S/C71H138O6/c1-6-8-9-10-11-12-13-14-15-16-17-21-26-31-36-41-46-51-56-61-69(72)75-64-68(77-71(74)63-58-53-48-43-38-33-28-23-24-29-34-39-44-49-54-59-66(3)4)65-76-70(73)62-57-52-47-42-37-32-27-22-19-18-20-25-30-35-40-45-50-55-60-67(5)7-2/h66-68H,6-65H2,1-5H3/t67?,68-/m0/s1. The Hall–Kier alpha value is -1.59. The van der Waals surface area contributed by atoms with Crippen LogP contribution < -0.4 is 0 Å². The second-order valence-electron chi connectivity index (χ2n) is 25.2. The summed E-state index contributed by atoms with van der Waals surface area (Å²) < 4.78 is 17.0. The summed E-state index contributed by atoms with van der Waals surface area (Å²) in [6, 6.07) is 0. The first kappa shape index (κ1) is 75.4. The highest BCUT2D eigenvalue weighted by atomic mass is 16.6. The van der Waals surface area contributed by atoms with Crippen LogP contribution >= 0.6 is 0 Å². The molecule has 77 heavy (non-hydrogen) atoms. The molecule has 0 radical (unpaired) electrons. The molecule has 1 unspecified atom stereocenters. The lowest BCUT2D eigenvalue weighted by atomic mass is 9.99. The summed E-state index contributed by atoms with van der Waals surface area (Å²) in [5.41, 5.74) is 0. The third-order valence-corrected chi connectivity index (χ3v) is 16.8. The number of hydrogen-bond acceptors (Lipinski definition) is 6. The van der Waals surface area contributed by atoms with Gasteiger partial charge in [-0.3, -0.25) is 14.4 Å². The minimum atomic E-state index is -0.765. The van der Waals surface area contributed by atoms with Gasteiger partial charge >= 0.3 is 17.9 Å². The Morgan fingerprint density at radius 3 is 0.740 bits per heavy atom. The van der Waals surface area contributed by atoms with Gasteiger partial charge in [0.15, 0.2) is 6.10 Å². The molecular formula is C71H138O6. The molecule has 2 atom stereocenters. The largest absolute Gasteiger partial charge is 0.462 e. The molecule has 6 nitrogen and oxygen atoms in total. The molecule has 458 valence electrons. The van der Waals surface area contributed by atoms with E-state index < -0.39 is 6.10 Å². The molecule has 0 bridgehead atoms. The zero-order valence-corrected chi connectivity index (χ0v) is 53.1. The Morgan fingerprint density at radius 1 is 0.273 bits per heavy atom. The quantitative estimate of drug-likeness (QED) is 0.0343. The van der Waals surface area contributed by atoms with Crippen molar-refractivity contribution in [3.8, 4) is 0 Å². The Kier molecular flexibility index (Phi) is 62.3. The fourth-order valence-electron chi connectivity index (χ4n) is 11.1. The molecule has 0 heterocycles. The van der Waals surface area contributed by atoms with Gasteiger partial charge in [0.2, 0.25) is 0 Å². The monoisotopic (exact) mass is 1090 g/mol. The van der Waals surface area contributed by atoms with Crippen molar-refractivity contribution in [1.82, 2.24) is 0 Å². The van der Waals surface area contributed by atoms with Crippen LogP contribution in [0, 0.1) is 11.8 Å². The molecule has 0 aromatic carbocycles. The summed E-state index contributed by atoms with van der Waals surface area (Å²) in [5, 5.41) is 0. The highest BCUT2D eigenvalue weighted by Gasteiger charge is 2.20. The molecule has 0 aliphatic rings. The molecule has 0 spiro atoms. The van der Waals surface area contributed by atoms with Crippen molar-refractivity contribution in [3.63, 3.8) is 0 Å². The number of carbonyl (C=O) groups excluding carboxylic acids is 3. The van der Waals surface area contributed by atoms with E-state index in [2.05, 4.69) is 34.6 Å². The normalized spacial score (nSPS) is 12.4. The highest BCUT2D eigenvalue weighted by Crippen LogP contribution is 2.20. The van der Waals surface area contributed by atoms with Gasteiger partial charge in [-0.05, 0) is 31.1 Å². The third-order valence-electron chi connectivity index (χ3n) is 16.8. The van der Waals surface area contributed by atoms with E-state index >= 15 is 0 Å². The van der Waals surface area contributed by atoms with Crippen molar-refractivity contribution < 1.29 is 28.6 Å². The summed E-state index contributed by atoms with van der Waals surface area (Å²) in [5.74, 6) is 0.934. The number of unbranched alkanes of at least 4 members (excludes halogenated alkanes) is 49. The highest BCUT2D eigenvalue weighted by molar-refractivity contribution is 5.71. The average molecular weight is 1090 g/mol. The van der Waals surface area contributed by atoms with Gasteiger partial charge < -0.3 is 14.2 Å². The van der Waals surface area contributed by atoms with E-state index in [1.165, 1.54) is 295 Å². The first-order valence-electron chi connectivity index (χ1n) is 35.3. The maximum atomic E-state index is 13.0. The van der Waals surface area contributed by atoms with Gasteiger partial charge in [0.1, 0.15) is 13.2 Å². The van der Waals surface area contributed by atoms with Crippen LogP contribution in [0.1, 0.15) is 407 Å². The van der Waals surface area contributed by atoms with Crippen LogP contribution in [0.25, 0.3) is 0 Å². The minimum absolute atomic E-state index is 0.0612. The zero-order valence-electron chi connectivity index (χ0n) is 53.1. The average Bonchev–Trinajstić information content (AvgIpc) is 3.42. The van der Waals surface area contributed by atoms with Crippen molar-refractivity contribution in [2.45, 2.75) is 413 Å². The molecule has 0 aliphatic carbocycles. The smallest absolute Gasteiger partial charge is 0.306 e. The molecule has 0 amide bonds. The van der Waals surface area contributed by atoms with Crippen LogP contribution in [0.5, 0.6) is 0 Å². The predicted octanol–water partition coefficient (Wildman–Crippen LogP) is 23.9. The number of carbonyl (C=O) groups is 3. The number of esters is 3. The molecule has 0 saturated heterocycles. The molecule has 0 aliphatic heterocycles. The molecule has 0 N–H and O–H groups in total. The second-order valence-corrected chi connectivity index (χ2v) is 25.2. The Labute approximate surface area is 482 Å². The van der Waals surface area contributed by atoms with Crippen LogP contribution in [0.4, 0.5) is 0 Å². The molecule has 0 rings (SSSR count). The van der Waals surface area contributed by atoms with Crippen LogP contribution in [0.2, 0.25) is 0 Å². The Morgan fingerprint density at radius 2 is 0.494 bits per heavy atom. The van der Waals surface area contributed by atoms with E-state index in [-0.39, 0.29) is 31.1 Å². The van der Waals surface area contributed by atoms with Crippen LogP contribution in [0.15, 0.2) is 0 Å². The molecule has 6 heteroatoms. The predicted molar refractivity (Wildman–Crippen MR) is 335 cm³/mol. The van der Waals surface area contributed by atoms with Gasteiger partial charge in [-0.15, -0.1) is 0 Å². The van der Waals surface area contributed by atoms with Gasteiger partial charge in [0.25, 0.3) is 0 Å². The van der Waals surface area contributed by atoms with Gasteiger partial charge in [0, 0.05) is 19.3 Å². The van der Waals surface area contributed by atoms with Crippen LogP contribution in [-0.2, 0) is 28.6 Å². The number of rotatable bonds is 65. The van der Waals surface area contributed by atoms with E-state index in [4.69, 9.17) is 14.2 Å². The maximum Gasteiger partial charge on any atom is 0.306 e. The van der Waals surface area contributed by atoms with Gasteiger partial charge in [-0.1, -0.05) is 369 Å². The molecule has 0 aromatic rings. The maximum absolute atomic E-state index is 13.0. The van der Waals surface area contributed by atoms with E-state index in [0.29, 0.717) is 19.3 Å². The van der Waals surface area contributed by atoms with Crippen molar-refractivity contribution in [2.24, 2.45) is 11.8 Å². The van der Waals surface area contributed by atoms with Gasteiger partial charge in [-0.2, -0.15) is 0 Å². The van der Waals surface area contributed by atoms with Gasteiger partial charge in [-0.25, -0.2) is 0 Å². The molecule has 0 aromatic heterocycles. The van der Waals surface area contributed by atoms with Crippen molar-refractivity contribution in [2.75, 3.05) is 13.2 Å². The topological polar surface area (TPSA) is 78.9 Å². The Bertz CT molecular complexity index is 1180. The lowest BCUT2D eigenvalue weighted by molar-refractivity contribution is -0.167. The first-order valence-corrected chi connectivity index (χ1v) is 35.3. The lowest BCUT2D eigenvalue weighted by Gasteiger charge is -2.18. The number of ether oxygens (including phenoxy) is 3. The van der Waals surface area contributed by atoms with Crippen LogP contribution in [0.3, 0.4) is 0 Å². The van der Waals surface area contributed by atoms with E-state index in [0.717, 1.165) is 69.6 Å². The fraction of sp³-hybridized carbons (Fsp3) is 0.958. The van der Waals surface area contributed by atoms with Gasteiger partial charge in [0.05, 0.1) is 0 Å². The third kappa shape index (κ3) is 63.5. The summed E-state index contributed by atoms with van der Waals surface area (Å²) in [6.45, 7) is 11.5. The van der Waals surface area contributed by atoms with Crippen molar-refractivity contribution in [1.29, 1.82) is 0 Å². The second kappa shape index (κ2) is 63.6. The van der Waals surface area contributed by atoms with Crippen molar-refractivity contribution in [3.05, 3.63) is 0 Å².